The van der Waals surface area contributed by atoms with Crippen molar-refractivity contribution >= 4 is 27.5 Å². The molecule has 0 unspecified atom stereocenters. The quantitative estimate of drug-likeness (QED) is 0.797. The Kier molecular flexibility index (Phi) is 5.86. The molecule has 0 saturated carbocycles. The average Bonchev–Trinajstić information content (AvgIpc) is 2.58. The van der Waals surface area contributed by atoms with Crippen LogP contribution in [0.25, 0.3) is 0 Å². The van der Waals surface area contributed by atoms with Crippen molar-refractivity contribution < 1.29 is 9.18 Å². The molecule has 1 aliphatic heterocycles. The lowest BCUT2D eigenvalue weighted by molar-refractivity contribution is -0.121. The van der Waals surface area contributed by atoms with Gasteiger partial charge in [0.25, 0.3) is 0 Å². The molecule has 0 aliphatic carbocycles. The molecule has 2 aromatic rings. The van der Waals surface area contributed by atoms with Gasteiger partial charge in [0.15, 0.2) is 0 Å². The number of likely N-dealkylation sites (tertiary alicyclic amines) is 1. The highest BCUT2D eigenvalue weighted by molar-refractivity contribution is 9.10. The van der Waals surface area contributed by atoms with Crippen LogP contribution in [0.2, 0.25) is 0 Å². The van der Waals surface area contributed by atoms with Gasteiger partial charge in [-0.15, -0.1) is 0 Å². The maximum atomic E-state index is 13.9. The molecule has 1 aliphatic rings. The molecule has 3 rings (SSSR count). The van der Waals surface area contributed by atoms with Gasteiger partial charge in [-0.3, -0.25) is 9.69 Å². The van der Waals surface area contributed by atoms with Gasteiger partial charge in [-0.1, -0.05) is 45.8 Å². The van der Waals surface area contributed by atoms with Crippen LogP contribution in [0.1, 0.15) is 24.0 Å². The molecule has 0 spiro atoms. The molecule has 1 saturated heterocycles. The van der Waals surface area contributed by atoms with Gasteiger partial charge in [0, 0.05) is 16.9 Å². The van der Waals surface area contributed by atoms with Crippen LogP contribution in [0.15, 0.2) is 46.9 Å². The maximum absolute atomic E-state index is 13.9. The van der Waals surface area contributed by atoms with Crippen LogP contribution in [0.3, 0.4) is 0 Å². The lowest BCUT2D eigenvalue weighted by Crippen LogP contribution is -2.37. The van der Waals surface area contributed by atoms with E-state index in [-0.39, 0.29) is 17.5 Å². The molecule has 0 atom stereocenters. The molecule has 2 aromatic carbocycles. The third-order valence-corrected chi connectivity index (χ3v) is 5.13. The summed E-state index contributed by atoms with van der Waals surface area (Å²) in [6, 6.07) is 13.2. The molecule has 3 nitrogen and oxygen atoms in total. The number of nitrogens with one attached hydrogen (secondary N) is 1. The number of anilines is 1. The van der Waals surface area contributed by atoms with E-state index in [9.17, 15) is 9.18 Å². The first-order valence-electron chi connectivity index (χ1n) is 8.55. The van der Waals surface area contributed by atoms with E-state index >= 15 is 0 Å². The summed E-state index contributed by atoms with van der Waals surface area (Å²) < 4.78 is 14.5. The Bertz CT molecular complexity index is 757. The van der Waals surface area contributed by atoms with Crippen molar-refractivity contribution in [3.63, 3.8) is 0 Å². The van der Waals surface area contributed by atoms with E-state index in [1.807, 2.05) is 0 Å². The summed E-state index contributed by atoms with van der Waals surface area (Å²) in [6.07, 6.45) is 1.60. The minimum absolute atomic E-state index is 0.0585. The predicted octanol–water partition coefficient (Wildman–Crippen LogP) is 4.75. The number of hydrogen-bond donors (Lipinski definition) is 1. The minimum Gasteiger partial charge on any atom is -0.323 e. The average molecular weight is 405 g/mol. The first kappa shape index (κ1) is 18.1. The SMILES string of the molecule is Cc1cccc(CN2CCC(C(=O)Nc3ccc(Br)cc3F)CC2)c1. The lowest BCUT2D eigenvalue weighted by atomic mass is 9.95. The highest BCUT2D eigenvalue weighted by Crippen LogP contribution is 2.23. The third-order valence-electron chi connectivity index (χ3n) is 4.64. The van der Waals surface area contributed by atoms with Crippen molar-refractivity contribution in [1.82, 2.24) is 4.90 Å². The van der Waals surface area contributed by atoms with E-state index in [0.717, 1.165) is 32.5 Å². The highest BCUT2D eigenvalue weighted by Gasteiger charge is 2.25. The second-order valence-electron chi connectivity index (χ2n) is 6.65. The molecule has 5 heteroatoms. The number of piperidine rings is 1. The number of benzene rings is 2. The summed E-state index contributed by atoms with van der Waals surface area (Å²) in [7, 11) is 0. The van der Waals surface area contributed by atoms with Gasteiger partial charge in [-0.05, 0) is 56.6 Å². The van der Waals surface area contributed by atoms with E-state index < -0.39 is 5.82 Å². The van der Waals surface area contributed by atoms with E-state index in [4.69, 9.17) is 0 Å². The molecule has 0 aromatic heterocycles. The summed E-state index contributed by atoms with van der Waals surface area (Å²) in [4.78, 5) is 14.8. The van der Waals surface area contributed by atoms with Crippen molar-refractivity contribution in [3.05, 3.63) is 63.9 Å². The number of rotatable bonds is 4. The molecular weight excluding hydrogens is 383 g/mol. The van der Waals surface area contributed by atoms with Crippen LogP contribution in [0.5, 0.6) is 0 Å². The van der Waals surface area contributed by atoms with E-state index in [0.29, 0.717) is 4.47 Å². The fourth-order valence-electron chi connectivity index (χ4n) is 3.25. The number of nitrogens with zero attached hydrogens (tertiary/aromatic N) is 1. The van der Waals surface area contributed by atoms with Crippen LogP contribution in [-0.4, -0.2) is 23.9 Å². The van der Waals surface area contributed by atoms with Crippen molar-refractivity contribution in [2.75, 3.05) is 18.4 Å². The van der Waals surface area contributed by atoms with Crippen molar-refractivity contribution in [2.45, 2.75) is 26.3 Å². The molecule has 25 heavy (non-hydrogen) atoms. The van der Waals surface area contributed by atoms with Crippen molar-refractivity contribution in [3.8, 4) is 0 Å². The van der Waals surface area contributed by atoms with Gasteiger partial charge >= 0.3 is 0 Å². The van der Waals surface area contributed by atoms with Gasteiger partial charge < -0.3 is 5.32 Å². The minimum atomic E-state index is -0.417. The van der Waals surface area contributed by atoms with Gasteiger partial charge in [0.05, 0.1) is 5.69 Å². The number of amides is 1. The first-order valence-corrected chi connectivity index (χ1v) is 9.34. The van der Waals surface area contributed by atoms with Gasteiger partial charge in [0.1, 0.15) is 5.82 Å². The Hall–Kier alpha value is -1.72. The number of halogens is 2. The molecular formula is C20H22BrFN2O. The summed E-state index contributed by atoms with van der Waals surface area (Å²) >= 11 is 3.22. The largest absolute Gasteiger partial charge is 0.323 e. The normalized spacial score (nSPS) is 16.0. The second-order valence-corrected chi connectivity index (χ2v) is 7.57. The lowest BCUT2D eigenvalue weighted by Gasteiger charge is -2.31. The zero-order chi connectivity index (χ0) is 17.8. The summed E-state index contributed by atoms with van der Waals surface area (Å²) in [5.41, 5.74) is 2.82. The van der Waals surface area contributed by atoms with Crippen LogP contribution >= 0.6 is 15.9 Å². The van der Waals surface area contributed by atoms with Crippen LogP contribution in [-0.2, 0) is 11.3 Å². The Labute approximate surface area is 156 Å². The maximum Gasteiger partial charge on any atom is 0.227 e. The number of aryl methyl sites for hydroxylation is 1. The van der Waals surface area contributed by atoms with Crippen molar-refractivity contribution in [2.24, 2.45) is 5.92 Å². The molecule has 0 radical (unpaired) electrons. The standard InChI is InChI=1S/C20H22BrFN2O/c1-14-3-2-4-15(11-14)13-24-9-7-16(8-10-24)20(25)23-19-6-5-17(21)12-18(19)22/h2-6,11-12,16H,7-10,13H2,1H3,(H,23,25). The van der Waals surface area contributed by atoms with Crippen LogP contribution < -0.4 is 5.32 Å². The monoisotopic (exact) mass is 404 g/mol. The molecule has 1 fully saturated rings. The van der Waals surface area contributed by atoms with Gasteiger partial charge in [-0.2, -0.15) is 0 Å². The zero-order valence-corrected chi connectivity index (χ0v) is 15.9. The Balaban J connectivity index is 1.52. The smallest absolute Gasteiger partial charge is 0.227 e. The molecule has 1 amide bonds. The number of carbonyl (C=O) groups is 1. The highest BCUT2D eigenvalue weighted by atomic mass is 79.9. The van der Waals surface area contributed by atoms with E-state index in [1.165, 1.54) is 17.2 Å². The van der Waals surface area contributed by atoms with Crippen molar-refractivity contribution in [1.29, 1.82) is 0 Å². The molecule has 1 heterocycles. The topological polar surface area (TPSA) is 32.3 Å². The fraction of sp³-hybridized carbons (Fsp3) is 0.350. The Morgan fingerprint density at radius 2 is 2.00 bits per heavy atom. The van der Waals surface area contributed by atoms with Crippen LogP contribution in [0.4, 0.5) is 10.1 Å². The zero-order valence-electron chi connectivity index (χ0n) is 14.3. The fourth-order valence-corrected chi connectivity index (χ4v) is 3.58. The predicted molar refractivity (Wildman–Crippen MR) is 102 cm³/mol. The summed E-state index contributed by atoms with van der Waals surface area (Å²) in [5, 5.41) is 2.73. The molecule has 132 valence electrons. The van der Waals surface area contributed by atoms with E-state index in [2.05, 4.69) is 57.3 Å². The molecule has 0 bridgehead atoms. The van der Waals surface area contributed by atoms with Gasteiger partial charge in [-0.25, -0.2) is 4.39 Å². The van der Waals surface area contributed by atoms with E-state index in [1.54, 1.807) is 12.1 Å². The Morgan fingerprint density at radius 3 is 2.68 bits per heavy atom. The molecule has 1 N–H and O–H groups in total. The third kappa shape index (κ3) is 4.89. The Morgan fingerprint density at radius 1 is 1.24 bits per heavy atom. The number of carbonyl (C=O) groups excluding carboxylic acids is 1. The van der Waals surface area contributed by atoms with Gasteiger partial charge in [0.2, 0.25) is 5.91 Å². The summed E-state index contributed by atoms with van der Waals surface area (Å²) in [6.45, 7) is 4.78. The van der Waals surface area contributed by atoms with Crippen LogP contribution in [0, 0.1) is 18.7 Å². The second kappa shape index (κ2) is 8.11. The first-order chi connectivity index (χ1) is 12.0. The number of hydrogen-bond acceptors (Lipinski definition) is 2. The summed E-state index contributed by atoms with van der Waals surface area (Å²) in [5.74, 6) is -0.562.